The fourth-order valence-electron chi connectivity index (χ4n) is 1.54. The Labute approximate surface area is 86.5 Å². The molecule has 0 unspecified atom stereocenters. The van der Waals surface area contributed by atoms with Crippen molar-refractivity contribution in [2.45, 2.75) is 6.92 Å². The largest absolute Gasteiger partial charge is 0.335 e. The summed E-state index contributed by atoms with van der Waals surface area (Å²) < 4.78 is 1.90. The van der Waals surface area contributed by atoms with E-state index in [9.17, 15) is 0 Å². The van der Waals surface area contributed by atoms with Gasteiger partial charge in [-0.2, -0.15) is 5.26 Å². The van der Waals surface area contributed by atoms with Gasteiger partial charge in [0.05, 0.1) is 5.56 Å². The second-order valence-electron chi connectivity index (χ2n) is 3.23. The molecule has 0 atom stereocenters. The first-order valence-electron chi connectivity index (χ1n) is 4.15. The quantitative estimate of drug-likeness (QED) is 0.620. The van der Waals surface area contributed by atoms with Crippen molar-refractivity contribution in [1.29, 1.82) is 5.26 Å². The van der Waals surface area contributed by atoms with Gasteiger partial charge in [0.25, 0.3) is 0 Å². The Hall–Kier alpha value is -1.53. The molecule has 0 fully saturated rings. The van der Waals surface area contributed by atoms with Crippen LogP contribution in [0.3, 0.4) is 0 Å². The van der Waals surface area contributed by atoms with Gasteiger partial charge in [-0.05, 0) is 18.6 Å². The molecule has 4 heteroatoms. The summed E-state index contributed by atoms with van der Waals surface area (Å²) in [5, 5.41) is 10.0. The summed E-state index contributed by atoms with van der Waals surface area (Å²) in [6.07, 6.45) is 1.97. The highest BCUT2D eigenvalue weighted by atomic mass is 35.5. The summed E-state index contributed by atoms with van der Waals surface area (Å²) in [6, 6.07) is 3.80. The Bertz CT molecular complexity index is 548. The Kier molecular flexibility index (Phi) is 1.94. The Morgan fingerprint density at radius 1 is 1.57 bits per heavy atom. The Morgan fingerprint density at radius 3 is 2.93 bits per heavy atom. The molecule has 0 N–H and O–H groups in total. The number of rotatable bonds is 0. The molecule has 0 aliphatic heterocycles. The maximum absolute atomic E-state index is 8.79. The second-order valence-corrected chi connectivity index (χ2v) is 3.59. The van der Waals surface area contributed by atoms with Gasteiger partial charge in [-0.15, -0.1) is 0 Å². The Morgan fingerprint density at radius 2 is 2.29 bits per heavy atom. The lowest BCUT2D eigenvalue weighted by atomic mass is 10.2. The van der Waals surface area contributed by atoms with E-state index in [4.69, 9.17) is 16.9 Å². The minimum absolute atomic E-state index is 0.265. The highest BCUT2D eigenvalue weighted by Crippen LogP contribution is 2.23. The van der Waals surface area contributed by atoms with Gasteiger partial charge in [0.2, 0.25) is 0 Å². The smallest absolute Gasteiger partial charge is 0.149 e. The van der Waals surface area contributed by atoms with Crippen molar-refractivity contribution in [2.24, 2.45) is 7.05 Å². The number of nitrogens with zero attached hydrogens (tertiary/aromatic N) is 3. The molecule has 2 aromatic heterocycles. The van der Waals surface area contributed by atoms with E-state index in [1.807, 2.05) is 30.8 Å². The maximum Gasteiger partial charge on any atom is 0.149 e. The van der Waals surface area contributed by atoms with E-state index >= 15 is 0 Å². The van der Waals surface area contributed by atoms with Gasteiger partial charge in [0, 0.05) is 18.6 Å². The van der Waals surface area contributed by atoms with E-state index in [1.54, 1.807) is 6.07 Å². The molecule has 14 heavy (non-hydrogen) atoms. The van der Waals surface area contributed by atoms with E-state index in [1.165, 1.54) is 0 Å². The average Bonchev–Trinajstić information content (AvgIpc) is 2.41. The van der Waals surface area contributed by atoms with E-state index in [-0.39, 0.29) is 5.15 Å². The van der Waals surface area contributed by atoms with Crippen LogP contribution in [0.2, 0.25) is 5.15 Å². The lowest BCUT2D eigenvalue weighted by Crippen LogP contribution is -1.89. The fraction of sp³-hybridized carbons (Fsp3) is 0.200. The van der Waals surface area contributed by atoms with Crippen LogP contribution >= 0.6 is 11.6 Å². The van der Waals surface area contributed by atoms with Gasteiger partial charge in [-0.1, -0.05) is 11.6 Å². The van der Waals surface area contributed by atoms with Crippen molar-refractivity contribution in [3.8, 4) is 6.07 Å². The third-order valence-electron chi connectivity index (χ3n) is 2.22. The van der Waals surface area contributed by atoms with Crippen LogP contribution in [0.25, 0.3) is 11.0 Å². The van der Waals surface area contributed by atoms with Crippen LogP contribution in [0.5, 0.6) is 0 Å². The van der Waals surface area contributed by atoms with Gasteiger partial charge < -0.3 is 4.57 Å². The zero-order chi connectivity index (χ0) is 10.3. The van der Waals surface area contributed by atoms with Crippen LogP contribution < -0.4 is 0 Å². The molecule has 2 aromatic rings. The zero-order valence-electron chi connectivity index (χ0n) is 7.87. The first-order chi connectivity index (χ1) is 6.63. The highest BCUT2D eigenvalue weighted by molar-refractivity contribution is 6.31. The lowest BCUT2D eigenvalue weighted by molar-refractivity contribution is 0.944. The number of nitriles is 1. The molecule has 0 spiro atoms. The van der Waals surface area contributed by atoms with Gasteiger partial charge in [0.1, 0.15) is 16.9 Å². The standard InChI is InChI=1S/C10H8ClN3/c1-6-5-14(2)10-8(6)3-7(4-12)9(11)13-10/h3,5H,1-2H3. The predicted molar refractivity (Wildman–Crippen MR) is 55.2 cm³/mol. The number of hydrogen-bond donors (Lipinski definition) is 0. The van der Waals surface area contributed by atoms with Crippen molar-refractivity contribution in [2.75, 3.05) is 0 Å². The third-order valence-corrected chi connectivity index (χ3v) is 2.51. The van der Waals surface area contributed by atoms with Crippen molar-refractivity contribution in [3.63, 3.8) is 0 Å². The van der Waals surface area contributed by atoms with E-state index in [0.717, 1.165) is 16.6 Å². The van der Waals surface area contributed by atoms with E-state index in [0.29, 0.717) is 5.56 Å². The zero-order valence-corrected chi connectivity index (χ0v) is 8.63. The minimum Gasteiger partial charge on any atom is -0.335 e. The number of aromatic nitrogens is 2. The molecule has 0 aromatic carbocycles. The molecular formula is C10H8ClN3. The SMILES string of the molecule is Cc1cn(C)c2nc(Cl)c(C#N)cc12. The average molecular weight is 206 g/mol. The summed E-state index contributed by atoms with van der Waals surface area (Å²) in [6.45, 7) is 1.99. The first kappa shape index (κ1) is 9.04. The van der Waals surface area contributed by atoms with Crippen LogP contribution in [0.15, 0.2) is 12.3 Å². The topological polar surface area (TPSA) is 41.6 Å². The molecule has 0 saturated heterocycles. The van der Waals surface area contributed by atoms with Crippen molar-refractivity contribution < 1.29 is 0 Å². The van der Waals surface area contributed by atoms with Gasteiger partial charge >= 0.3 is 0 Å². The molecule has 0 aliphatic carbocycles. The number of halogens is 1. The third kappa shape index (κ3) is 1.16. The van der Waals surface area contributed by atoms with Crippen molar-refractivity contribution >= 4 is 22.6 Å². The molecule has 70 valence electrons. The van der Waals surface area contributed by atoms with Crippen molar-refractivity contribution in [3.05, 3.63) is 28.5 Å². The molecule has 0 saturated carbocycles. The fourth-order valence-corrected chi connectivity index (χ4v) is 1.72. The molecule has 0 amide bonds. The van der Waals surface area contributed by atoms with E-state index < -0.39 is 0 Å². The molecule has 3 nitrogen and oxygen atoms in total. The summed E-state index contributed by atoms with van der Waals surface area (Å²) in [5.41, 5.74) is 2.34. The van der Waals surface area contributed by atoms with Crippen LogP contribution in [0, 0.1) is 18.3 Å². The first-order valence-corrected chi connectivity index (χ1v) is 4.53. The molecule has 2 heterocycles. The van der Waals surface area contributed by atoms with E-state index in [2.05, 4.69) is 4.98 Å². The summed E-state index contributed by atoms with van der Waals surface area (Å²) in [5.74, 6) is 0. The second kappa shape index (κ2) is 3.00. The van der Waals surface area contributed by atoms with Crippen LogP contribution in [0.4, 0.5) is 0 Å². The number of hydrogen-bond acceptors (Lipinski definition) is 2. The van der Waals surface area contributed by atoms with Gasteiger partial charge in [-0.25, -0.2) is 4.98 Å². The van der Waals surface area contributed by atoms with Crippen LogP contribution in [-0.4, -0.2) is 9.55 Å². The molecule has 0 aliphatic rings. The minimum atomic E-state index is 0.265. The lowest BCUT2D eigenvalue weighted by Gasteiger charge is -1.97. The van der Waals surface area contributed by atoms with Crippen LogP contribution in [0.1, 0.15) is 11.1 Å². The number of fused-ring (bicyclic) bond motifs is 1. The maximum atomic E-state index is 8.79. The molecule has 0 bridgehead atoms. The normalized spacial score (nSPS) is 10.4. The van der Waals surface area contributed by atoms with Crippen LogP contribution in [-0.2, 0) is 7.05 Å². The summed E-state index contributed by atoms with van der Waals surface area (Å²) in [7, 11) is 1.91. The number of aryl methyl sites for hydroxylation is 2. The van der Waals surface area contributed by atoms with Gasteiger partial charge in [0.15, 0.2) is 0 Å². The van der Waals surface area contributed by atoms with Gasteiger partial charge in [-0.3, -0.25) is 0 Å². The van der Waals surface area contributed by atoms with Crippen molar-refractivity contribution in [1.82, 2.24) is 9.55 Å². The summed E-state index contributed by atoms with van der Waals surface area (Å²) >= 11 is 5.84. The highest BCUT2D eigenvalue weighted by Gasteiger charge is 2.09. The Balaban J connectivity index is 2.91. The molecule has 0 radical (unpaired) electrons. The monoisotopic (exact) mass is 205 g/mol. The summed E-state index contributed by atoms with van der Waals surface area (Å²) in [4.78, 5) is 4.17. The predicted octanol–water partition coefficient (Wildman–Crippen LogP) is 2.41. The number of pyridine rings is 1. The molecular weight excluding hydrogens is 198 g/mol. The molecule has 2 rings (SSSR count).